The summed E-state index contributed by atoms with van der Waals surface area (Å²) in [5.74, 6) is 0. The van der Waals surface area contributed by atoms with Crippen LogP contribution in [0.25, 0.3) is 0 Å². The molecule has 0 saturated heterocycles. The molecule has 0 fully saturated rings. The van der Waals surface area contributed by atoms with Gasteiger partial charge in [0.1, 0.15) is 0 Å². The zero-order chi connectivity index (χ0) is 18.3. The summed E-state index contributed by atoms with van der Waals surface area (Å²) in [6.07, 6.45) is 23.2. The van der Waals surface area contributed by atoms with Crippen LogP contribution in [-0.2, 0) is 0 Å². The van der Waals surface area contributed by atoms with E-state index in [9.17, 15) is 0 Å². The molecule has 0 aromatic carbocycles. The third kappa shape index (κ3) is 18.3. The summed E-state index contributed by atoms with van der Waals surface area (Å²) in [6, 6.07) is 0. The van der Waals surface area contributed by atoms with Gasteiger partial charge in [0, 0.05) is 0 Å². The van der Waals surface area contributed by atoms with Crippen LogP contribution in [0.1, 0.15) is 144 Å². The molecule has 0 heteroatoms. The van der Waals surface area contributed by atoms with Crippen molar-refractivity contribution < 1.29 is 0 Å². The maximum Gasteiger partial charge on any atom is -0.0349 e. The summed E-state index contributed by atoms with van der Waals surface area (Å²) < 4.78 is 0. The zero-order valence-corrected chi connectivity index (χ0v) is 18.3. The standard InChI is InChI=1S/C24H50/c1-7-8-9-10-11-12-13-14-15-16-17-18-19-20-21-24(5,6)22-23(2,3)4/h7-22H2,1-6H3. The van der Waals surface area contributed by atoms with Crippen LogP contribution in [0.3, 0.4) is 0 Å². The van der Waals surface area contributed by atoms with Crippen LogP contribution in [-0.4, -0.2) is 0 Å². The average Bonchev–Trinajstić information content (AvgIpc) is 2.45. The molecule has 0 unspecified atom stereocenters. The van der Waals surface area contributed by atoms with Crippen molar-refractivity contribution >= 4 is 0 Å². The molecule has 0 radical (unpaired) electrons. The third-order valence-electron chi connectivity index (χ3n) is 5.22. The van der Waals surface area contributed by atoms with Gasteiger partial charge >= 0.3 is 0 Å². The second kappa shape index (κ2) is 14.2. The van der Waals surface area contributed by atoms with E-state index in [0.29, 0.717) is 10.8 Å². The predicted molar refractivity (Wildman–Crippen MR) is 113 cm³/mol. The predicted octanol–water partition coefficient (Wildman–Crippen LogP) is 9.32. The molecular weight excluding hydrogens is 288 g/mol. The van der Waals surface area contributed by atoms with Gasteiger partial charge in [0.15, 0.2) is 0 Å². The quantitative estimate of drug-likeness (QED) is 0.246. The molecule has 0 spiro atoms. The Morgan fingerprint density at radius 1 is 0.458 bits per heavy atom. The summed E-state index contributed by atoms with van der Waals surface area (Å²) in [4.78, 5) is 0. The molecule has 0 rings (SSSR count). The Morgan fingerprint density at radius 3 is 1.12 bits per heavy atom. The summed E-state index contributed by atoms with van der Waals surface area (Å²) in [5, 5.41) is 0. The molecule has 0 nitrogen and oxygen atoms in total. The van der Waals surface area contributed by atoms with E-state index in [4.69, 9.17) is 0 Å². The fourth-order valence-corrected chi connectivity index (χ4v) is 4.32. The summed E-state index contributed by atoms with van der Waals surface area (Å²) in [6.45, 7) is 14.3. The molecule has 146 valence electrons. The Kier molecular flexibility index (Phi) is 14.2. The van der Waals surface area contributed by atoms with Crippen molar-refractivity contribution in [1.82, 2.24) is 0 Å². The largest absolute Gasteiger partial charge is 0.0654 e. The highest BCUT2D eigenvalue weighted by Gasteiger charge is 2.24. The van der Waals surface area contributed by atoms with Crippen molar-refractivity contribution in [2.75, 3.05) is 0 Å². The number of hydrogen-bond donors (Lipinski definition) is 0. The Bertz CT molecular complexity index is 256. The maximum atomic E-state index is 2.46. The number of hydrogen-bond acceptors (Lipinski definition) is 0. The van der Waals surface area contributed by atoms with Crippen LogP contribution in [0.2, 0.25) is 0 Å². The van der Waals surface area contributed by atoms with Crippen molar-refractivity contribution in [3.8, 4) is 0 Å². The lowest BCUT2D eigenvalue weighted by Gasteiger charge is -2.32. The normalized spacial score (nSPS) is 12.8. The molecule has 0 aromatic rings. The van der Waals surface area contributed by atoms with E-state index in [1.165, 1.54) is 103 Å². The van der Waals surface area contributed by atoms with Gasteiger partial charge in [-0.1, -0.05) is 131 Å². The Morgan fingerprint density at radius 2 is 0.792 bits per heavy atom. The van der Waals surface area contributed by atoms with Gasteiger partial charge in [-0.15, -0.1) is 0 Å². The lowest BCUT2D eigenvalue weighted by molar-refractivity contribution is 0.194. The minimum atomic E-state index is 0.472. The molecule has 0 aliphatic rings. The fourth-order valence-electron chi connectivity index (χ4n) is 4.32. The molecule has 0 amide bonds. The van der Waals surface area contributed by atoms with Crippen LogP contribution in [0, 0.1) is 10.8 Å². The second-order valence-corrected chi connectivity index (χ2v) is 10.2. The van der Waals surface area contributed by atoms with Crippen molar-refractivity contribution in [1.29, 1.82) is 0 Å². The van der Waals surface area contributed by atoms with Gasteiger partial charge < -0.3 is 0 Å². The highest BCUT2D eigenvalue weighted by molar-refractivity contribution is 4.76. The van der Waals surface area contributed by atoms with Gasteiger partial charge in [-0.2, -0.15) is 0 Å². The van der Waals surface area contributed by atoms with Gasteiger partial charge in [0.25, 0.3) is 0 Å². The molecule has 0 aromatic heterocycles. The Labute approximate surface area is 155 Å². The van der Waals surface area contributed by atoms with Gasteiger partial charge in [0.05, 0.1) is 0 Å². The van der Waals surface area contributed by atoms with Crippen LogP contribution < -0.4 is 0 Å². The average molecular weight is 339 g/mol. The highest BCUT2D eigenvalue weighted by Crippen LogP contribution is 2.37. The van der Waals surface area contributed by atoms with Gasteiger partial charge in [-0.05, 0) is 23.7 Å². The van der Waals surface area contributed by atoms with E-state index in [1.807, 2.05) is 0 Å². The molecular formula is C24H50. The first-order valence-corrected chi connectivity index (χ1v) is 11.3. The van der Waals surface area contributed by atoms with E-state index in [-0.39, 0.29) is 0 Å². The van der Waals surface area contributed by atoms with Gasteiger partial charge in [-0.25, -0.2) is 0 Å². The molecule has 0 saturated carbocycles. The molecule has 24 heavy (non-hydrogen) atoms. The molecule has 0 bridgehead atoms. The van der Waals surface area contributed by atoms with E-state index < -0.39 is 0 Å². The van der Waals surface area contributed by atoms with Crippen molar-refractivity contribution in [2.45, 2.75) is 144 Å². The second-order valence-electron chi connectivity index (χ2n) is 10.2. The molecule has 0 heterocycles. The van der Waals surface area contributed by atoms with Crippen molar-refractivity contribution in [2.24, 2.45) is 10.8 Å². The summed E-state index contributed by atoms with van der Waals surface area (Å²) >= 11 is 0. The summed E-state index contributed by atoms with van der Waals surface area (Å²) in [5.41, 5.74) is 0.995. The maximum absolute atomic E-state index is 2.46. The van der Waals surface area contributed by atoms with Crippen LogP contribution in [0.5, 0.6) is 0 Å². The van der Waals surface area contributed by atoms with Crippen LogP contribution in [0.15, 0.2) is 0 Å². The SMILES string of the molecule is CCCCCCCCCCCCCCCCC(C)(C)CC(C)(C)C. The third-order valence-corrected chi connectivity index (χ3v) is 5.22. The lowest BCUT2D eigenvalue weighted by atomic mass is 9.73. The minimum absolute atomic E-state index is 0.472. The number of unbranched alkanes of at least 4 members (excludes halogenated alkanes) is 13. The van der Waals surface area contributed by atoms with Crippen LogP contribution in [0.4, 0.5) is 0 Å². The number of rotatable bonds is 16. The Hall–Kier alpha value is 0. The first-order valence-electron chi connectivity index (χ1n) is 11.3. The van der Waals surface area contributed by atoms with Crippen molar-refractivity contribution in [3.05, 3.63) is 0 Å². The molecule has 0 atom stereocenters. The molecule has 0 aliphatic heterocycles. The molecule has 0 N–H and O–H groups in total. The van der Waals surface area contributed by atoms with E-state index >= 15 is 0 Å². The fraction of sp³-hybridized carbons (Fsp3) is 1.00. The van der Waals surface area contributed by atoms with Gasteiger partial charge in [-0.3, -0.25) is 0 Å². The summed E-state index contributed by atoms with van der Waals surface area (Å²) in [7, 11) is 0. The topological polar surface area (TPSA) is 0 Å². The zero-order valence-electron chi connectivity index (χ0n) is 18.3. The first-order chi connectivity index (χ1) is 11.3. The van der Waals surface area contributed by atoms with E-state index in [1.54, 1.807) is 0 Å². The van der Waals surface area contributed by atoms with Crippen molar-refractivity contribution in [3.63, 3.8) is 0 Å². The lowest BCUT2D eigenvalue weighted by Crippen LogP contribution is -2.20. The van der Waals surface area contributed by atoms with Crippen LogP contribution >= 0.6 is 0 Å². The Balaban J connectivity index is 3.28. The van der Waals surface area contributed by atoms with Gasteiger partial charge in [0.2, 0.25) is 0 Å². The molecule has 0 aliphatic carbocycles. The monoisotopic (exact) mass is 338 g/mol. The smallest absolute Gasteiger partial charge is 0.0349 e. The van der Waals surface area contributed by atoms with E-state index in [2.05, 4.69) is 41.5 Å². The minimum Gasteiger partial charge on any atom is -0.0654 e. The first kappa shape index (κ1) is 24.0. The highest BCUT2D eigenvalue weighted by atomic mass is 14.3. The van der Waals surface area contributed by atoms with E-state index in [0.717, 1.165) is 0 Å².